The van der Waals surface area contributed by atoms with Gasteiger partial charge in [-0.3, -0.25) is 4.79 Å². The van der Waals surface area contributed by atoms with E-state index in [-0.39, 0.29) is 11.5 Å². The molecule has 1 saturated heterocycles. The molecule has 4 nitrogen and oxygen atoms in total. The van der Waals surface area contributed by atoms with E-state index in [1.807, 2.05) is 30.0 Å². The van der Waals surface area contributed by atoms with Crippen molar-refractivity contribution in [1.29, 1.82) is 0 Å². The highest BCUT2D eigenvalue weighted by Gasteiger charge is 2.25. The molecule has 0 unspecified atom stereocenters. The number of hydrogen-bond donors (Lipinski definition) is 0. The van der Waals surface area contributed by atoms with E-state index in [4.69, 9.17) is 4.42 Å². The molecule has 0 N–H and O–H groups in total. The van der Waals surface area contributed by atoms with Crippen molar-refractivity contribution in [1.82, 2.24) is 4.90 Å². The molecule has 1 amide bonds. The third-order valence-corrected chi connectivity index (χ3v) is 6.35. The summed E-state index contributed by atoms with van der Waals surface area (Å²) in [6.45, 7) is 3.40. The van der Waals surface area contributed by atoms with Gasteiger partial charge in [0.1, 0.15) is 11.1 Å². The molecule has 138 valence electrons. The summed E-state index contributed by atoms with van der Waals surface area (Å²) in [5, 5.41) is 1.14. The maximum absolute atomic E-state index is 13.0. The lowest BCUT2D eigenvalue weighted by Crippen LogP contribution is -2.35. The monoisotopic (exact) mass is 379 g/mol. The van der Waals surface area contributed by atoms with Crippen molar-refractivity contribution in [2.75, 3.05) is 18.8 Å². The molecule has 2 heterocycles. The topological polar surface area (TPSA) is 50.5 Å². The highest BCUT2D eigenvalue weighted by atomic mass is 32.2. The zero-order valence-electron chi connectivity index (χ0n) is 15.2. The van der Waals surface area contributed by atoms with Gasteiger partial charge in [0.05, 0.1) is 0 Å². The van der Waals surface area contributed by atoms with Gasteiger partial charge >= 0.3 is 5.63 Å². The van der Waals surface area contributed by atoms with E-state index < -0.39 is 5.63 Å². The predicted molar refractivity (Wildman–Crippen MR) is 109 cm³/mol. The summed E-state index contributed by atoms with van der Waals surface area (Å²) in [5.74, 6) is 0.615. The van der Waals surface area contributed by atoms with Gasteiger partial charge in [-0.15, -0.1) is 0 Å². The molecule has 0 saturated carbocycles. The van der Waals surface area contributed by atoms with Gasteiger partial charge in [0.15, 0.2) is 0 Å². The number of benzene rings is 2. The average molecular weight is 379 g/mol. The molecule has 0 aliphatic carbocycles. The predicted octanol–water partition coefficient (Wildman–Crippen LogP) is 4.42. The van der Waals surface area contributed by atoms with Gasteiger partial charge in [0.2, 0.25) is 0 Å². The summed E-state index contributed by atoms with van der Waals surface area (Å²) in [5.41, 5.74) is 2.68. The SMILES string of the molecule is Cc1ccccc1[C@H]1CCN(C(=O)c2cc3ccccc3oc2=O)CCS1. The Bertz CT molecular complexity index is 1040. The quantitative estimate of drug-likeness (QED) is 0.619. The molecule has 1 aliphatic rings. The number of carbonyl (C=O) groups is 1. The van der Waals surface area contributed by atoms with Crippen LogP contribution in [0.3, 0.4) is 0 Å². The highest BCUT2D eigenvalue weighted by molar-refractivity contribution is 7.99. The molecular formula is C22H21NO3S. The standard InChI is InChI=1S/C22H21NO3S/c1-15-6-2-4-8-17(15)20-10-11-23(12-13-27-20)21(24)18-14-16-7-3-5-9-19(16)26-22(18)25/h2-9,14,20H,10-13H2,1H3/t20-/m1/s1. The first-order valence-corrected chi connectivity index (χ1v) is 10.2. The lowest BCUT2D eigenvalue weighted by molar-refractivity contribution is 0.0762. The lowest BCUT2D eigenvalue weighted by atomic mass is 10.0. The van der Waals surface area contributed by atoms with Crippen LogP contribution in [0.25, 0.3) is 11.0 Å². The van der Waals surface area contributed by atoms with E-state index >= 15 is 0 Å². The number of rotatable bonds is 2. The van der Waals surface area contributed by atoms with Crippen molar-refractivity contribution >= 4 is 28.6 Å². The zero-order chi connectivity index (χ0) is 18.8. The van der Waals surface area contributed by atoms with E-state index in [1.165, 1.54) is 11.1 Å². The number of hydrogen-bond acceptors (Lipinski definition) is 4. The minimum absolute atomic E-state index is 0.119. The Labute approximate surface area is 162 Å². The Morgan fingerprint density at radius 1 is 1.11 bits per heavy atom. The van der Waals surface area contributed by atoms with E-state index in [2.05, 4.69) is 31.2 Å². The van der Waals surface area contributed by atoms with Crippen LogP contribution >= 0.6 is 11.8 Å². The van der Waals surface area contributed by atoms with Crippen molar-refractivity contribution in [3.05, 3.63) is 81.7 Å². The molecule has 1 fully saturated rings. The smallest absolute Gasteiger partial charge is 0.349 e. The van der Waals surface area contributed by atoms with Crippen LogP contribution in [0.2, 0.25) is 0 Å². The molecule has 1 atom stereocenters. The average Bonchev–Trinajstić information content (AvgIpc) is 2.93. The summed E-state index contributed by atoms with van der Waals surface area (Å²) in [6, 6.07) is 17.3. The number of fused-ring (bicyclic) bond motifs is 1. The number of para-hydroxylation sites is 1. The first-order valence-electron chi connectivity index (χ1n) is 9.13. The molecule has 27 heavy (non-hydrogen) atoms. The maximum Gasteiger partial charge on any atom is 0.349 e. The molecule has 0 spiro atoms. The number of amides is 1. The van der Waals surface area contributed by atoms with E-state index in [0.29, 0.717) is 23.9 Å². The Balaban J connectivity index is 1.56. The van der Waals surface area contributed by atoms with Crippen LogP contribution < -0.4 is 5.63 Å². The molecule has 2 aromatic carbocycles. The highest BCUT2D eigenvalue weighted by Crippen LogP contribution is 2.36. The first kappa shape index (κ1) is 17.9. The fourth-order valence-electron chi connectivity index (χ4n) is 3.55. The number of carbonyl (C=O) groups excluding carboxylic acids is 1. The third kappa shape index (κ3) is 3.65. The Kier molecular flexibility index (Phi) is 5.03. The first-order chi connectivity index (χ1) is 13.1. The second-order valence-electron chi connectivity index (χ2n) is 6.78. The summed E-state index contributed by atoms with van der Waals surface area (Å²) in [6.07, 6.45) is 0.875. The van der Waals surface area contributed by atoms with Gasteiger partial charge in [-0.25, -0.2) is 4.79 Å². The van der Waals surface area contributed by atoms with Gasteiger partial charge < -0.3 is 9.32 Å². The maximum atomic E-state index is 13.0. The van der Waals surface area contributed by atoms with Crippen LogP contribution in [0, 0.1) is 6.92 Å². The number of thioether (sulfide) groups is 1. The van der Waals surface area contributed by atoms with Gasteiger partial charge in [-0.2, -0.15) is 11.8 Å². The number of aryl methyl sites for hydroxylation is 1. The van der Waals surface area contributed by atoms with Crippen molar-refractivity contribution in [2.24, 2.45) is 0 Å². The molecule has 3 aromatic rings. The number of nitrogens with zero attached hydrogens (tertiary/aromatic N) is 1. The van der Waals surface area contributed by atoms with Crippen LogP contribution in [0.4, 0.5) is 0 Å². The summed E-state index contributed by atoms with van der Waals surface area (Å²) < 4.78 is 5.33. The van der Waals surface area contributed by atoms with Crippen molar-refractivity contribution < 1.29 is 9.21 Å². The second kappa shape index (κ2) is 7.61. The normalized spacial score (nSPS) is 17.7. The van der Waals surface area contributed by atoms with Crippen molar-refractivity contribution in [3.8, 4) is 0 Å². The summed E-state index contributed by atoms with van der Waals surface area (Å²) in [4.78, 5) is 27.1. The van der Waals surface area contributed by atoms with Gasteiger partial charge in [-0.05, 0) is 36.6 Å². The summed E-state index contributed by atoms with van der Waals surface area (Å²) in [7, 11) is 0. The molecule has 5 heteroatoms. The third-order valence-electron chi connectivity index (χ3n) is 5.04. The van der Waals surface area contributed by atoms with Gasteiger partial charge in [-0.1, -0.05) is 42.5 Å². The van der Waals surface area contributed by atoms with Crippen molar-refractivity contribution in [3.63, 3.8) is 0 Å². The molecule has 4 rings (SSSR count). The molecular weight excluding hydrogens is 358 g/mol. The Morgan fingerprint density at radius 3 is 2.74 bits per heavy atom. The van der Waals surface area contributed by atoms with Crippen LogP contribution in [0.15, 0.2) is 63.8 Å². The van der Waals surface area contributed by atoms with Crippen LogP contribution in [-0.2, 0) is 0 Å². The largest absolute Gasteiger partial charge is 0.422 e. The minimum atomic E-state index is -0.564. The van der Waals surface area contributed by atoms with Crippen LogP contribution in [-0.4, -0.2) is 29.6 Å². The Hall–Kier alpha value is -2.53. The molecule has 0 radical (unpaired) electrons. The van der Waals surface area contributed by atoms with E-state index in [0.717, 1.165) is 17.6 Å². The molecule has 1 aliphatic heterocycles. The zero-order valence-corrected chi connectivity index (χ0v) is 16.0. The fourth-order valence-corrected chi connectivity index (χ4v) is 4.88. The fraction of sp³-hybridized carbons (Fsp3) is 0.273. The van der Waals surface area contributed by atoms with E-state index in [9.17, 15) is 9.59 Å². The second-order valence-corrected chi connectivity index (χ2v) is 8.09. The van der Waals surface area contributed by atoms with Crippen LogP contribution in [0.5, 0.6) is 0 Å². The lowest BCUT2D eigenvalue weighted by Gasteiger charge is -2.20. The van der Waals surface area contributed by atoms with Crippen molar-refractivity contribution in [2.45, 2.75) is 18.6 Å². The van der Waals surface area contributed by atoms with Gasteiger partial charge in [0.25, 0.3) is 5.91 Å². The molecule has 1 aromatic heterocycles. The minimum Gasteiger partial charge on any atom is -0.422 e. The van der Waals surface area contributed by atoms with E-state index in [1.54, 1.807) is 17.0 Å². The van der Waals surface area contributed by atoms with Gasteiger partial charge in [0, 0.05) is 29.5 Å². The summed E-state index contributed by atoms with van der Waals surface area (Å²) >= 11 is 1.88. The van der Waals surface area contributed by atoms with Crippen LogP contribution in [0.1, 0.15) is 33.2 Å². The molecule has 0 bridgehead atoms. The Morgan fingerprint density at radius 2 is 1.89 bits per heavy atom.